The van der Waals surface area contributed by atoms with Crippen molar-refractivity contribution in [2.75, 3.05) is 6.54 Å². The molecule has 1 aliphatic carbocycles. The Morgan fingerprint density at radius 3 is 1.34 bits per heavy atom. The Hall–Kier alpha value is -2.74. The second kappa shape index (κ2) is 12.6. The van der Waals surface area contributed by atoms with E-state index < -0.39 is 14.6 Å². The summed E-state index contributed by atoms with van der Waals surface area (Å²) in [5, 5.41) is 11.0. The van der Waals surface area contributed by atoms with Crippen LogP contribution < -0.4 is 31.4 Å². The van der Waals surface area contributed by atoms with Gasteiger partial charge in [-0.1, -0.05) is 93.6 Å². The lowest BCUT2D eigenvalue weighted by Crippen LogP contribution is -2.49. The summed E-state index contributed by atoms with van der Waals surface area (Å²) in [7, 11) is -6.31. The van der Waals surface area contributed by atoms with Crippen LogP contribution in [0.4, 0.5) is 0 Å². The molecule has 1 fully saturated rings. The zero-order valence-corrected chi connectivity index (χ0v) is 29.1. The Morgan fingerprint density at radius 2 is 0.955 bits per heavy atom. The van der Waals surface area contributed by atoms with E-state index in [9.17, 15) is 0 Å². The molecule has 0 heterocycles. The van der Waals surface area contributed by atoms with Crippen molar-refractivity contribution in [3.8, 4) is 0 Å². The molecule has 44 heavy (non-hydrogen) atoms. The summed E-state index contributed by atoms with van der Waals surface area (Å²) in [5.41, 5.74) is 3.94. The van der Waals surface area contributed by atoms with Gasteiger partial charge in [-0.15, -0.1) is 0 Å². The lowest BCUT2D eigenvalue weighted by atomic mass is 9.63. The van der Waals surface area contributed by atoms with Gasteiger partial charge in [-0.05, 0) is 104 Å². The highest BCUT2D eigenvalue weighted by Crippen LogP contribution is 2.51. The van der Waals surface area contributed by atoms with Crippen LogP contribution in [0, 0.1) is 38.5 Å². The second-order valence-corrected chi connectivity index (χ2v) is 19.0. The third-order valence-electron chi connectivity index (χ3n) is 9.36. The maximum Gasteiger partial charge on any atom is 0.205 e. The van der Waals surface area contributed by atoms with Gasteiger partial charge in [-0.25, -0.2) is 0 Å². The number of aryl methyl sites for hydroxylation is 4. The Morgan fingerprint density at radius 1 is 0.591 bits per heavy atom. The van der Waals surface area contributed by atoms with E-state index in [1.54, 1.807) is 0 Å². The van der Waals surface area contributed by atoms with Gasteiger partial charge in [0.15, 0.2) is 0 Å². The smallest absolute Gasteiger partial charge is 0.205 e. The molecule has 0 spiro atoms. The van der Waals surface area contributed by atoms with Crippen molar-refractivity contribution >= 4 is 35.8 Å². The summed E-state index contributed by atoms with van der Waals surface area (Å²) in [6.45, 7) is 15.7. The maximum absolute atomic E-state index is 15.3. The van der Waals surface area contributed by atoms with Gasteiger partial charge in [0.1, 0.15) is 0 Å². The third kappa shape index (κ3) is 6.61. The molecule has 0 aliphatic heterocycles. The van der Waals surface area contributed by atoms with Gasteiger partial charge < -0.3 is 0 Å². The van der Waals surface area contributed by atoms with E-state index in [4.69, 9.17) is 0 Å². The predicted molar refractivity (Wildman–Crippen MR) is 189 cm³/mol. The molecule has 4 nitrogen and oxygen atoms in total. The number of hydrogen-bond donors (Lipinski definition) is 2. The summed E-state index contributed by atoms with van der Waals surface area (Å²) < 4.78 is 30.5. The Labute approximate surface area is 264 Å². The molecule has 6 heteroatoms. The fraction of sp³-hybridized carbons (Fsp3) is 0.368. The maximum atomic E-state index is 15.3. The lowest BCUT2D eigenvalue weighted by Gasteiger charge is -2.48. The summed E-state index contributed by atoms with van der Waals surface area (Å²) in [5.74, 6) is 0. The quantitative estimate of drug-likeness (QED) is 0.186. The largest absolute Gasteiger partial charge is 0.297 e. The molecule has 1 aliphatic rings. The first-order valence-corrected chi connectivity index (χ1v) is 19.2. The molecule has 0 amide bonds. The highest BCUT2D eigenvalue weighted by atomic mass is 31.2. The van der Waals surface area contributed by atoms with E-state index >= 15 is 9.13 Å². The summed E-state index contributed by atoms with van der Waals surface area (Å²) in [6, 6.07) is 32.2. The first kappa shape index (κ1) is 32.6. The molecule has 232 valence electrons. The van der Waals surface area contributed by atoms with Crippen LogP contribution in [0.3, 0.4) is 0 Å². The van der Waals surface area contributed by atoms with Crippen molar-refractivity contribution in [3.05, 3.63) is 119 Å². The summed E-state index contributed by atoms with van der Waals surface area (Å²) in [4.78, 5) is 0. The normalized spacial score (nSPS) is 20.4. The average molecular weight is 627 g/mol. The number of benzene rings is 4. The van der Waals surface area contributed by atoms with Gasteiger partial charge in [0.2, 0.25) is 14.6 Å². The lowest BCUT2D eigenvalue weighted by molar-refractivity contribution is 0.0821. The minimum atomic E-state index is -3.17. The van der Waals surface area contributed by atoms with Crippen LogP contribution in [0.2, 0.25) is 0 Å². The molecule has 0 bridgehead atoms. The Balaban J connectivity index is 1.50. The van der Waals surface area contributed by atoms with Crippen LogP contribution >= 0.6 is 14.6 Å². The van der Waals surface area contributed by atoms with Gasteiger partial charge in [-0.2, -0.15) is 0 Å². The van der Waals surface area contributed by atoms with E-state index in [0.29, 0.717) is 6.54 Å². The van der Waals surface area contributed by atoms with Crippen LogP contribution in [-0.2, 0) is 9.13 Å². The van der Waals surface area contributed by atoms with Crippen LogP contribution in [-0.4, -0.2) is 12.6 Å². The zero-order valence-electron chi connectivity index (χ0n) is 27.4. The van der Waals surface area contributed by atoms with Crippen molar-refractivity contribution in [2.45, 2.75) is 73.8 Å². The van der Waals surface area contributed by atoms with Crippen molar-refractivity contribution in [1.82, 2.24) is 10.2 Å². The highest BCUT2D eigenvalue weighted by Gasteiger charge is 2.45. The van der Waals surface area contributed by atoms with Gasteiger partial charge in [0, 0.05) is 33.8 Å². The summed E-state index contributed by atoms with van der Waals surface area (Å²) in [6.07, 6.45) is 2.72. The fourth-order valence-electron chi connectivity index (χ4n) is 7.65. The van der Waals surface area contributed by atoms with Gasteiger partial charge in [0.25, 0.3) is 0 Å². The third-order valence-corrected chi connectivity index (χ3v) is 15.4. The molecule has 4 aromatic rings. The zero-order chi connectivity index (χ0) is 31.8. The van der Waals surface area contributed by atoms with E-state index in [2.05, 4.69) is 56.9 Å². The number of hydrogen-bond acceptors (Lipinski definition) is 2. The van der Waals surface area contributed by atoms with Crippen molar-refractivity contribution in [1.29, 1.82) is 0 Å². The molecule has 1 saturated carbocycles. The minimum absolute atomic E-state index is 0.00393. The molecule has 0 saturated heterocycles. The van der Waals surface area contributed by atoms with Crippen molar-refractivity contribution in [3.63, 3.8) is 0 Å². The number of nitrogens with one attached hydrogen (secondary N) is 2. The monoisotopic (exact) mass is 626 g/mol. The van der Waals surface area contributed by atoms with E-state index in [1.807, 2.05) is 98.8 Å². The minimum Gasteiger partial charge on any atom is -0.297 e. The van der Waals surface area contributed by atoms with Crippen molar-refractivity contribution in [2.24, 2.45) is 10.8 Å². The Kier molecular flexibility index (Phi) is 9.33. The van der Waals surface area contributed by atoms with E-state index in [0.717, 1.165) is 62.7 Å². The Bertz CT molecular complexity index is 1650. The molecule has 4 aromatic carbocycles. The van der Waals surface area contributed by atoms with E-state index in [-0.39, 0.29) is 16.9 Å². The average Bonchev–Trinajstić information content (AvgIpc) is 2.96. The van der Waals surface area contributed by atoms with Gasteiger partial charge in [0.05, 0.1) is 0 Å². The second-order valence-electron chi connectivity index (χ2n) is 14.1. The van der Waals surface area contributed by atoms with Crippen molar-refractivity contribution < 1.29 is 9.13 Å². The van der Waals surface area contributed by atoms with Crippen LogP contribution in [0.25, 0.3) is 0 Å². The molecule has 2 N–H and O–H groups in total. The number of rotatable bonds is 9. The first-order chi connectivity index (χ1) is 20.8. The van der Waals surface area contributed by atoms with Gasteiger partial charge in [-0.3, -0.25) is 19.3 Å². The predicted octanol–water partition coefficient (Wildman–Crippen LogP) is 7.84. The highest BCUT2D eigenvalue weighted by molar-refractivity contribution is 7.77. The van der Waals surface area contributed by atoms with Gasteiger partial charge >= 0.3 is 0 Å². The molecule has 2 atom stereocenters. The topological polar surface area (TPSA) is 58.2 Å². The van der Waals surface area contributed by atoms with Crippen LogP contribution in [0.15, 0.2) is 97.1 Å². The SMILES string of the molecule is Cc1ccccc1P(=O)(NCC1(C)CC(NP(=O)(c2ccccc2C)c2ccccc2C)CC(C)(C)C1)c1ccccc1C. The molecular formula is C38H48N2O2P2. The standard InChI is InChI=1S/C38H48N2O2P2/c1-28-16-8-12-20-33(28)43(41,34-21-13-9-17-29(34)2)39-27-38(7)25-32(24-37(5,6)26-38)40-44(42,35-22-14-10-18-30(35)3)36-23-15-11-19-31(36)4/h8-23,32H,24-27H2,1-7H3,(H,39,41)(H,40,42). The molecular weight excluding hydrogens is 578 g/mol. The molecule has 0 radical (unpaired) electrons. The summed E-state index contributed by atoms with van der Waals surface area (Å²) >= 11 is 0. The molecule has 2 unspecified atom stereocenters. The van der Waals surface area contributed by atoms with Crippen LogP contribution in [0.5, 0.6) is 0 Å². The van der Waals surface area contributed by atoms with Crippen LogP contribution in [0.1, 0.15) is 62.3 Å². The van der Waals surface area contributed by atoms with E-state index in [1.165, 1.54) is 0 Å². The fourth-order valence-corrected chi connectivity index (χ4v) is 13.6. The molecule has 5 rings (SSSR count). The first-order valence-electron chi connectivity index (χ1n) is 15.7. The molecule has 0 aromatic heterocycles.